The third-order valence-electron chi connectivity index (χ3n) is 8.22. The second-order valence-electron chi connectivity index (χ2n) is 10.7. The number of aryl methyl sites for hydroxylation is 1. The Morgan fingerprint density at radius 3 is 2.15 bits per heavy atom. The molecule has 0 radical (unpaired) electrons. The summed E-state index contributed by atoms with van der Waals surface area (Å²) in [6.07, 6.45) is 21.4. The maximum atomic E-state index is 12.7. The van der Waals surface area contributed by atoms with Crippen LogP contribution in [0.3, 0.4) is 0 Å². The van der Waals surface area contributed by atoms with E-state index >= 15 is 0 Å². The average molecular weight is 489 g/mol. The lowest BCUT2D eigenvalue weighted by Gasteiger charge is -2.37. The summed E-state index contributed by atoms with van der Waals surface area (Å²) < 4.78 is 8.45. The molecule has 2 saturated carbocycles. The predicted octanol–water partition coefficient (Wildman–Crippen LogP) is 9.80. The number of hydrogen-bond donors (Lipinski definition) is 0. The van der Waals surface area contributed by atoms with Crippen molar-refractivity contribution >= 4 is 38.0 Å². The highest BCUT2D eigenvalue weighted by atomic mass is 32.1. The summed E-state index contributed by atoms with van der Waals surface area (Å²) in [6.45, 7) is 4.51. The highest BCUT2D eigenvalue weighted by Crippen LogP contribution is 2.42. The Hall–Kier alpha value is -0.870. The molecule has 2 heterocycles. The Morgan fingerprint density at radius 2 is 1.48 bits per heavy atom. The second-order valence-corrected chi connectivity index (χ2v) is 13.0. The lowest BCUT2D eigenvalue weighted by Crippen LogP contribution is -2.29. The van der Waals surface area contributed by atoms with E-state index in [2.05, 4.69) is 26.0 Å². The van der Waals surface area contributed by atoms with Crippen molar-refractivity contribution in [1.82, 2.24) is 0 Å². The molecule has 2 aliphatic rings. The Bertz CT molecular complexity index is 819. The largest absolute Gasteiger partial charge is 0.458 e. The molecule has 2 aliphatic carbocycles. The third kappa shape index (κ3) is 7.07. The van der Waals surface area contributed by atoms with Crippen LogP contribution in [0.15, 0.2) is 12.1 Å². The van der Waals surface area contributed by atoms with Crippen LogP contribution in [0.4, 0.5) is 0 Å². The molecule has 0 bridgehead atoms. The molecular weight excluding hydrogens is 444 g/mol. The summed E-state index contributed by atoms with van der Waals surface area (Å²) in [7, 11) is 0. The van der Waals surface area contributed by atoms with Crippen LogP contribution in [-0.2, 0) is 11.2 Å². The van der Waals surface area contributed by atoms with Crippen molar-refractivity contribution < 1.29 is 9.53 Å². The van der Waals surface area contributed by atoms with E-state index in [1.54, 1.807) is 11.3 Å². The van der Waals surface area contributed by atoms with E-state index in [1.807, 2.05) is 11.3 Å². The molecule has 2 aromatic heterocycles. The number of rotatable bonds is 11. The molecule has 0 atom stereocenters. The normalized spacial score (nSPS) is 26.0. The first-order valence-corrected chi connectivity index (χ1v) is 15.5. The minimum absolute atomic E-state index is 0.0941. The van der Waals surface area contributed by atoms with Gasteiger partial charge in [-0.3, -0.25) is 0 Å². The Morgan fingerprint density at radius 1 is 0.818 bits per heavy atom. The minimum Gasteiger partial charge on any atom is -0.458 e. The highest BCUT2D eigenvalue weighted by Gasteiger charge is 2.32. The van der Waals surface area contributed by atoms with Crippen molar-refractivity contribution in [3.05, 3.63) is 21.9 Å². The van der Waals surface area contributed by atoms with E-state index in [1.165, 1.54) is 97.7 Å². The van der Waals surface area contributed by atoms with Gasteiger partial charge < -0.3 is 4.74 Å². The molecular formula is C29H44O2S2. The molecule has 0 spiro atoms. The van der Waals surface area contributed by atoms with Crippen LogP contribution in [0.5, 0.6) is 0 Å². The molecule has 0 aromatic carbocycles. The summed E-state index contributed by atoms with van der Waals surface area (Å²) in [5.41, 5.74) is 0. The second kappa shape index (κ2) is 12.7. The van der Waals surface area contributed by atoms with E-state index in [4.69, 9.17) is 4.74 Å². The zero-order chi connectivity index (χ0) is 23.0. The van der Waals surface area contributed by atoms with Gasteiger partial charge in [0.25, 0.3) is 0 Å². The van der Waals surface area contributed by atoms with Gasteiger partial charge in [0.15, 0.2) is 0 Å². The van der Waals surface area contributed by atoms with E-state index in [0.717, 1.165) is 41.9 Å². The van der Waals surface area contributed by atoms with Crippen LogP contribution in [0.25, 0.3) is 9.40 Å². The van der Waals surface area contributed by atoms with E-state index < -0.39 is 0 Å². The zero-order valence-electron chi connectivity index (χ0n) is 20.9. The number of ether oxygens (including phenoxy) is 1. The quantitative estimate of drug-likeness (QED) is 0.232. The number of unbranched alkanes of at least 4 members (excludes halogenated alkanes) is 4. The maximum absolute atomic E-state index is 12.7. The smallest absolute Gasteiger partial charge is 0.348 e. The molecule has 33 heavy (non-hydrogen) atoms. The van der Waals surface area contributed by atoms with Crippen LogP contribution < -0.4 is 0 Å². The van der Waals surface area contributed by atoms with Crippen molar-refractivity contribution in [3.8, 4) is 0 Å². The summed E-state index contributed by atoms with van der Waals surface area (Å²) in [5.74, 6) is 2.70. The van der Waals surface area contributed by atoms with Crippen molar-refractivity contribution in [2.45, 2.75) is 123 Å². The molecule has 2 fully saturated rings. The van der Waals surface area contributed by atoms with E-state index in [0.29, 0.717) is 0 Å². The topological polar surface area (TPSA) is 26.3 Å². The Kier molecular flexibility index (Phi) is 9.73. The van der Waals surface area contributed by atoms with Crippen LogP contribution in [0.2, 0.25) is 0 Å². The fourth-order valence-electron chi connectivity index (χ4n) is 6.23. The number of esters is 1. The van der Waals surface area contributed by atoms with Gasteiger partial charge in [-0.25, -0.2) is 4.79 Å². The first-order chi connectivity index (χ1) is 16.2. The first kappa shape index (κ1) is 25.2. The van der Waals surface area contributed by atoms with Gasteiger partial charge in [-0.2, -0.15) is 0 Å². The Labute approximate surface area is 209 Å². The van der Waals surface area contributed by atoms with Crippen molar-refractivity contribution in [3.63, 3.8) is 0 Å². The summed E-state index contributed by atoms with van der Waals surface area (Å²) in [4.78, 5) is 15.0. The van der Waals surface area contributed by atoms with Crippen LogP contribution in [0.1, 0.15) is 125 Å². The summed E-state index contributed by atoms with van der Waals surface area (Å²) in [5, 5.41) is 0. The molecule has 0 aliphatic heterocycles. The Balaban J connectivity index is 1.15. The minimum atomic E-state index is -0.0941. The molecule has 184 valence electrons. The fourth-order valence-corrected chi connectivity index (χ4v) is 8.63. The first-order valence-electron chi connectivity index (χ1n) is 13.9. The maximum Gasteiger partial charge on any atom is 0.348 e. The third-order valence-corrected chi connectivity index (χ3v) is 10.6. The fraction of sp³-hybridized carbons (Fsp3) is 0.759. The number of hydrogen-bond acceptors (Lipinski definition) is 4. The lowest BCUT2D eigenvalue weighted by atomic mass is 9.70. The van der Waals surface area contributed by atoms with Gasteiger partial charge in [-0.1, -0.05) is 71.6 Å². The van der Waals surface area contributed by atoms with Gasteiger partial charge in [0, 0.05) is 14.3 Å². The van der Waals surface area contributed by atoms with Gasteiger partial charge >= 0.3 is 5.97 Å². The number of fused-ring (bicyclic) bond motifs is 1. The molecule has 0 N–H and O–H groups in total. The molecule has 2 nitrogen and oxygen atoms in total. The summed E-state index contributed by atoms with van der Waals surface area (Å²) >= 11 is 3.44. The lowest BCUT2D eigenvalue weighted by molar-refractivity contribution is 0.0114. The van der Waals surface area contributed by atoms with Gasteiger partial charge in [0.1, 0.15) is 11.0 Å². The summed E-state index contributed by atoms with van der Waals surface area (Å²) in [6, 6.07) is 4.32. The SMILES string of the molecule is CCCCCCCC1CCC(C2CCC(OC(=O)c3cc4sc(CCC)cc4s3)CC2)CC1. The van der Waals surface area contributed by atoms with Crippen molar-refractivity contribution in [1.29, 1.82) is 0 Å². The molecule has 0 amide bonds. The number of carbonyl (C=O) groups excluding carboxylic acids is 1. The highest BCUT2D eigenvalue weighted by molar-refractivity contribution is 7.28. The van der Waals surface area contributed by atoms with E-state index in [-0.39, 0.29) is 12.1 Å². The monoisotopic (exact) mass is 488 g/mol. The van der Waals surface area contributed by atoms with Gasteiger partial charge in [-0.05, 0) is 74.8 Å². The number of carbonyl (C=O) groups is 1. The molecule has 0 unspecified atom stereocenters. The van der Waals surface area contributed by atoms with Crippen LogP contribution >= 0.6 is 22.7 Å². The van der Waals surface area contributed by atoms with Gasteiger partial charge in [0.2, 0.25) is 0 Å². The molecule has 4 heteroatoms. The zero-order valence-corrected chi connectivity index (χ0v) is 22.5. The molecule has 0 saturated heterocycles. The molecule has 2 aromatic rings. The predicted molar refractivity (Wildman–Crippen MR) is 144 cm³/mol. The van der Waals surface area contributed by atoms with Gasteiger partial charge in [0.05, 0.1) is 0 Å². The van der Waals surface area contributed by atoms with Crippen molar-refractivity contribution in [2.24, 2.45) is 17.8 Å². The van der Waals surface area contributed by atoms with Gasteiger partial charge in [-0.15, -0.1) is 22.7 Å². The van der Waals surface area contributed by atoms with Crippen LogP contribution in [0, 0.1) is 17.8 Å². The van der Waals surface area contributed by atoms with E-state index in [9.17, 15) is 4.79 Å². The number of thiophene rings is 2. The van der Waals surface area contributed by atoms with Crippen LogP contribution in [-0.4, -0.2) is 12.1 Å². The standard InChI is InChI=1S/C29H44O2S2/c1-3-5-6-7-8-10-21-11-13-22(14-12-21)23-15-17-24(18-16-23)31-29(30)28-20-27-26(33-28)19-25(32-27)9-4-2/h19-24H,3-18H2,1-2H3. The molecule has 4 rings (SSSR count). The van der Waals surface area contributed by atoms with Crippen molar-refractivity contribution in [2.75, 3.05) is 0 Å². The average Bonchev–Trinajstić information content (AvgIpc) is 3.39.